The number of esters is 1. The summed E-state index contributed by atoms with van der Waals surface area (Å²) in [5.41, 5.74) is -1.63. The molecule has 0 aromatic carbocycles. The number of aromatic nitrogens is 2. The molecule has 2 rings (SSSR count). The van der Waals surface area contributed by atoms with Gasteiger partial charge in [0.25, 0.3) is 0 Å². The molecule has 0 atom stereocenters. The molecule has 1 fully saturated rings. The highest BCUT2D eigenvalue weighted by Crippen LogP contribution is 2.36. The molecule has 0 amide bonds. The van der Waals surface area contributed by atoms with Crippen LogP contribution in [0, 0.1) is 0 Å². The van der Waals surface area contributed by atoms with Gasteiger partial charge in [-0.2, -0.15) is 5.10 Å². The van der Waals surface area contributed by atoms with Crippen LogP contribution in [0.3, 0.4) is 0 Å². The Morgan fingerprint density at radius 1 is 1.50 bits per heavy atom. The van der Waals surface area contributed by atoms with Crippen molar-refractivity contribution in [2.24, 2.45) is 0 Å². The van der Waals surface area contributed by atoms with Gasteiger partial charge in [0.1, 0.15) is 6.56 Å². The van der Waals surface area contributed by atoms with Crippen molar-refractivity contribution < 1.29 is 27.1 Å². The minimum Gasteiger partial charge on any atom is -0.464 e. The number of aryl methyl sites for hydroxylation is 1. The summed E-state index contributed by atoms with van der Waals surface area (Å²) in [5, 5.41) is 3.85. The van der Waals surface area contributed by atoms with E-state index in [-0.39, 0.29) is 5.59 Å². The van der Waals surface area contributed by atoms with Crippen molar-refractivity contribution in [1.82, 2.24) is 9.78 Å². The first-order chi connectivity index (χ1) is 11.5. The third-order valence-electron chi connectivity index (χ3n) is 3.32. The molecule has 0 bridgehead atoms. The molecule has 6 nitrogen and oxygen atoms in total. The fourth-order valence-corrected chi connectivity index (χ4v) is 1.52. The van der Waals surface area contributed by atoms with Gasteiger partial charge in [-0.05, 0) is 33.7 Å². The second-order valence-electron chi connectivity index (χ2n) is 5.43. The first-order valence-electron chi connectivity index (χ1n) is 9.15. The zero-order valence-corrected chi connectivity index (χ0v) is 12.1. The molecular formula is C13H21BN2O4. The fourth-order valence-electron chi connectivity index (χ4n) is 1.52. The number of carbonyl (C=O) groups is 1. The second-order valence-corrected chi connectivity index (χ2v) is 5.43. The predicted molar refractivity (Wildman–Crippen MR) is 74.6 cm³/mol. The van der Waals surface area contributed by atoms with E-state index in [0.29, 0.717) is 4.68 Å². The van der Waals surface area contributed by atoms with Crippen LogP contribution in [-0.4, -0.2) is 40.6 Å². The minimum atomic E-state index is -3.11. The van der Waals surface area contributed by atoms with E-state index >= 15 is 0 Å². The smallest absolute Gasteiger partial charge is 0.464 e. The highest BCUT2D eigenvalue weighted by Gasteiger charge is 2.52. The van der Waals surface area contributed by atoms with Crippen molar-refractivity contribution in [3.05, 3.63) is 12.2 Å². The summed E-state index contributed by atoms with van der Waals surface area (Å²) >= 11 is 0. The Balaban J connectivity index is 2.46. The first kappa shape index (κ1) is 8.84. The van der Waals surface area contributed by atoms with Crippen LogP contribution in [0.2, 0.25) is 0 Å². The maximum Gasteiger partial charge on any atom is 0.516 e. The van der Waals surface area contributed by atoms with Crippen LogP contribution in [0.15, 0.2) is 12.2 Å². The number of nitrogens with zero attached hydrogens (tertiary/aromatic N) is 2. The third-order valence-corrected chi connectivity index (χ3v) is 3.32. The van der Waals surface area contributed by atoms with Crippen LogP contribution in [0.1, 0.15) is 42.8 Å². The zero-order valence-electron chi connectivity index (χ0n) is 18.1. The van der Waals surface area contributed by atoms with Crippen molar-refractivity contribution in [2.75, 3.05) is 6.56 Å². The van der Waals surface area contributed by atoms with E-state index in [1.54, 1.807) is 27.7 Å². The van der Waals surface area contributed by atoms with Crippen LogP contribution >= 0.6 is 0 Å². The largest absolute Gasteiger partial charge is 0.516 e. The zero-order chi connectivity index (χ0) is 20.3. The van der Waals surface area contributed by atoms with Crippen molar-refractivity contribution >= 4 is 18.7 Å². The van der Waals surface area contributed by atoms with Gasteiger partial charge in [0, 0.05) is 13.1 Å². The molecule has 1 aliphatic heterocycles. The molecule has 1 aromatic heterocycles. The van der Waals surface area contributed by atoms with Gasteiger partial charge in [-0.25, -0.2) is 0 Å². The van der Waals surface area contributed by atoms with Gasteiger partial charge in [0.05, 0.1) is 31.5 Å². The molecule has 1 saturated heterocycles. The standard InChI is InChI=1S/C13H21BN2O4/c1-10(17)18-9-8-16-7-6-11(15-16)14-19-12(2,3)13(4,5)20-14/h6-7H,8-9H2,1-5H3/i6D,7D,8D2,9D2. The number of carbonyl (C=O) groups excluding carboxylic acids is 1. The maximum absolute atomic E-state index is 11.1. The average molecular weight is 286 g/mol. The summed E-state index contributed by atoms with van der Waals surface area (Å²) in [6.45, 7) is 1.93. The Bertz CT molecular complexity index is 720. The molecule has 0 saturated carbocycles. The molecule has 20 heavy (non-hydrogen) atoms. The van der Waals surface area contributed by atoms with Gasteiger partial charge >= 0.3 is 13.1 Å². The van der Waals surface area contributed by atoms with Crippen LogP contribution in [0.4, 0.5) is 0 Å². The van der Waals surface area contributed by atoms with Crippen LogP contribution < -0.4 is 5.59 Å². The molecule has 1 aromatic rings. The van der Waals surface area contributed by atoms with E-state index in [2.05, 4.69) is 9.84 Å². The Hall–Kier alpha value is -1.34. The molecule has 0 radical (unpaired) electrons. The molecule has 110 valence electrons. The predicted octanol–water partition coefficient (Wildman–Crippen LogP) is 0.745. The number of hydrogen-bond donors (Lipinski definition) is 0. The Labute approximate surface area is 128 Å². The molecule has 7 heteroatoms. The summed E-state index contributed by atoms with van der Waals surface area (Å²) in [6.07, 6.45) is -0.698. The van der Waals surface area contributed by atoms with Crippen molar-refractivity contribution in [3.63, 3.8) is 0 Å². The minimum absolute atomic E-state index is 0.156. The highest BCUT2D eigenvalue weighted by atomic mass is 16.7. The summed E-state index contributed by atoms with van der Waals surface area (Å²) in [7, 11) is -1.12. The average Bonchev–Trinajstić information content (AvgIpc) is 2.83. The Morgan fingerprint density at radius 2 is 2.10 bits per heavy atom. The molecule has 2 heterocycles. The van der Waals surface area contributed by atoms with E-state index in [9.17, 15) is 4.79 Å². The van der Waals surface area contributed by atoms with E-state index in [1.165, 1.54) is 0 Å². The van der Waals surface area contributed by atoms with E-state index < -0.39 is 49.6 Å². The van der Waals surface area contributed by atoms with Crippen molar-refractivity contribution in [2.45, 2.75) is 52.3 Å². The Morgan fingerprint density at radius 3 is 2.65 bits per heavy atom. The second kappa shape index (κ2) is 5.22. The molecule has 0 aliphatic carbocycles. The van der Waals surface area contributed by atoms with Crippen molar-refractivity contribution in [3.8, 4) is 0 Å². The molecular weight excluding hydrogens is 259 g/mol. The fraction of sp³-hybridized carbons (Fsp3) is 0.692. The topological polar surface area (TPSA) is 62.6 Å². The molecule has 1 aliphatic rings. The van der Waals surface area contributed by atoms with E-state index in [1.807, 2.05) is 0 Å². The number of ether oxygens (including phenoxy) is 1. The molecule has 0 spiro atoms. The molecule has 0 N–H and O–H groups in total. The van der Waals surface area contributed by atoms with Crippen molar-refractivity contribution in [1.29, 1.82) is 0 Å². The quantitative estimate of drug-likeness (QED) is 0.603. The lowest BCUT2D eigenvalue weighted by molar-refractivity contribution is -0.141. The lowest BCUT2D eigenvalue weighted by Gasteiger charge is -2.32. The Kier molecular flexibility index (Phi) is 2.31. The third kappa shape index (κ3) is 3.04. The summed E-state index contributed by atoms with van der Waals surface area (Å²) < 4.78 is 63.6. The van der Waals surface area contributed by atoms with Crippen LogP contribution in [-0.2, 0) is 25.3 Å². The van der Waals surface area contributed by atoms with Gasteiger partial charge in [0.15, 0.2) is 0 Å². The highest BCUT2D eigenvalue weighted by molar-refractivity contribution is 6.61. The number of hydrogen-bond acceptors (Lipinski definition) is 5. The number of rotatable bonds is 4. The maximum atomic E-state index is 11.1. The van der Waals surface area contributed by atoms with E-state index in [0.717, 1.165) is 6.92 Å². The van der Waals surface area contributed by atoms with Gasteiger partial charge in [-0.1, -0.05) is 0 Å². The monoisotopic (exact) mass is 286 g/mol. The summed E-state index contributed by atoms with van der Waals surface area (Å²) in [5.74, 6) is -1.03. The van der Waals surface area contributed by atoms with Gasteiger partial charge < -0.3 is 14.0 Å². The van der Waals surface area contributed by atoms with Crippen LogP contribution in [0.25, 0.3) is 0 Å². The van der Waals surface area contributed by atoms with Gasteiger partial charge in [0.2, 0.25) is 0 Å². The lowest BCUT2D eigenvalue weighted by Crippen LogP contribution is -2.41. The van der Waals surface area contributed by atoms with Gasteiger partial charge in [-0.3, -0.25) is 9.48 Å². The van der Waals surface area contributed by atoms with Gasteiger partial charge in [-0.15, -0.1) is 0 Å². The normalized spacial score (nSPS) is 25.9. The molecule has 0 unspecified atom stereocenters. The van der Waals surface area contributed by atoms with Crippen LogP contribution in [0.5, 0.6) is 0 Å². The summed E-state index contributed by atoms with van der Waals surface area (Å²) in [6, 6.07) is -0.467. The first-order valence-corrected chi connectivity index (χ1v) is 6.15. The van der Waals surface area contributed by atoms with E-state index in [4.69, 9.17) is 17.5 Å². The lowest BCUT2D eigenvalue weighted by atomic mass is 9.85. The SMILES string of the molecule is [2H]c1c(B2OC(C)(C)C(C)(C)O2)nn(C([2H])([2H])C([2H])([2H])OC(C)=O)c1[2H]. The summed E-state index contributed by atoms with van der Waals surface area (Å²) in [4.78, 5) is 11.1.